The van der Waals surface area contributed by atoms with Crippen LogP contribution in [-0.4, -0.2) is 55.1 Å². The molecule has 41 heavy (non-hydrogen) atoms. The van der Waals surface area contributed by atoms with Crippen LogP contribution in [0.5, 0.6) is 0 Å². The zero-order valence-electron chi connectivity index (χ0n) is 23.1. The number of anilines is 3. The van der Waals surface area contributed by atoms with E-state index in [1.54, 1.807) is 18.2 Å². The van der Waals surface area contributed by atoms with E-state index in [9.17, 15) is 9.59 Å². The van der Waals surface area contributed by atoms with Crippen molar-refractivity contribution in [2.75, 3.05) is 42.6 Å². The molecule has 3 aliphatic rings. The molecule has 2 saturated heterocycles. The molecule has 8 heteroatoms. The Morgan fingerprint density at radius 1 is 1.00 bits per heavy atom. The zero-order chi connectivity index (χ0) is 28.2. The summed E-state index contributed by atoms with van der Waals surface area (Å²) in [4.78, 5) is 28.4. The van der Waals surface area contributed by atoms with Crippen molar-refractivity contribution < 1.29 is 14.3 Å². The predicted octanol–water partition coefficient (Wildman–Crippen LogP) is 4.54. The quantitative estimate of drug-likeness (QED) is 0.206. The van der Waals surface area contributed by atoms with Gasteiger partial charge in [-0.3, -0.25) is 14.5 Å². The normalized spacial score (nSPS) is 20.8. The standard InChI is InChI=1S/C33H37N5O3/c34-29-3-1-2-4-30(29)37-31(39)16-7-22-5-8-25(9-6-22)32(35-17-18-38-20-28-19-27(38)21-41-28)33(40)36-26-14-12-24(13-15-26)23-10-11-23/h1-9,12-16,23,27-28,32,35H,10-11,17-21,34H2,(H,36,40)(H,37,39)/t27-,28-,32?/m0/s1. The number of rotatable bonds is 11. The Labute approximate surface area is 240 Å². The number of fused-ring (bicyclic) bond motifs is 2. The summed E-state index contributed by atoms with van der Waals surface area (Å²) in [6.07, 6.45) is 7.17. The fourth-order valence-corrected chi connectivity index (χ4v) is 5.69. The summed E-state index contributed by atoms with van der Waals surface area (Å²) >= 11 is 0. The van der Waals surface area contributed by atoms with E-state index in [2.05, 4.69) is 33.0 Å². The number of likely N-dealkylation sites (tertiary alicyclic amines) is 1. The van der Waals surface area contributed by atoms with Gasteiger partial charge in [-0.1, -0.05) is 48.5 Å². The third-order valence-corrected chi connectivity index (χ3v) is 8.17. The van der Waals surface area contributed by atoms with Crippen LogP contribution in [0.3, 0.4) is 0 Å². The van der Waals surface area contributed by atoms with E-state index in [1.807, 2.05) is 48.5 Å². The van der Waals surface area contributed by atoms with E-state index < -0.39 is 6.04 Å². The van der Waals surface area contributed by atoms with Crippen molar-refractivity contribution in [1.82, 2.24) is 10.2 Å². The van der Waals surface area contributed by atoms with E-state index in [-0.39, 0.29) is 11.8 Å². The molecule has 2 heterocycles. The highest BCUT2D eigenvalue weighted by molar-refractivity contribution is 6.03. The second kappa shape index (κ2) is 12.3. The third kappa shape index (κ3) is 6.85. The van der Waals surface area contributed by atoms with Crippen LogP contribution in [-0.2, 0) is 14.3 Å². The molecule has 2 aliphatic heterocycles. The molecule has 3 aromatic rings. The van der Waals surface area contributed by atoms with Crippen molar-refractivity contribution in [2.45, 2.75) is 43.4 Å². The number of nitrogens with one attached hydrogen (secondary N) is 3. The maximum Gasteiger partial charge on any atom is 0.248 e. The van der Waals surface area contributed by atoms with Crippen LogP contribution >= 0.6 is 0 Å². The molecule has 3 aromatic carbocycles. The number of nitrogens with two attached hydrogens (primary N) is 1. The number of carbonyl (C=O) groups is 2. The molecule has 3 fully saturated rings. The van der Waals surface area contributed by atoms with Crippen molar-refractivity contribution in [3.63, 3.8) is 0 Å². The lowest BCUT2D eigenvalue weighted by molar-refractivity contribution is -0.118. The average molecular weight is 552 g/mol. The average Bonchev–Trinajstić information content (AvgIpc) is 3.62. The van der Waals surface area contributed by atoms with Gasteiger partial charge in [0, 0.05) is 37.4 Å². The topological polar surface area (TPSA) is 109 Å². The Balaban J connectivity index is 1.11. The van der Waals surface area contributed by atoms with E-state index in [0.29, 0.717) is 36.0 Å². The van der Waals surface area contributed by atoms with Gasteiger partial charge in [0.2, 0.25) is 11.8 Å². The minimum atomic E-state index is -0.517. The summed E-state index contributed by atoms with van der Waals surface area (Å²) < 4.78 is 5.73. The number of hydrogen-bond acceptors (Lipinski definition) is 6. The van der Waals surface area contributed by atoms with Gasteiger partial charge in [0.25, 0.3) is 0 Å². The lowest BCUT2D eigenvalue weighted by Crippen LogP contribution is -2.43. The molecule has 8 nitrogen and oxygen atoms in total. The van der Waals surface area contributed by atoms with E-state index >= 15 is 0 Å². The SMILES string of the molecule is Nc1ccccc1NC(=O)C=Cc1ccc(C(NCCN2C[C@@H]3C[C@H]2CO3)C(=O)Nc2ccc(C3CC3)cc2)cc1. The fourth-order valence-electron chi connectivity index (χ4n) is 5.69. The number of amides is 2. The molecule has 6 rings (SSSR count). The number of nitrogen functional groups attached to an aromatic ring is 1. The number of nitrogens with zero attached hydrogens (tertiary/aromatic N) is 1. The Bertz CT molecular complexity index is 1400. The number of para-hydroxylation sites is 2. The summed E-state index contributed by atoms with van der Waals surface area (Å²) in [6, 6.07) is 23.0. The molecule has 1 aliphatic carbocycles. The van der Waals surface area contributed by atoms with Gasteiger partial charge in [-0.25, -0.2) is 0 Å². The first-order valence-corrected chi connectivity index (χ1v) is 14.5. The smallest absolute Gasteiger partial charge is 0.248 e. The van der Waals surface area contributed by atoms with Crippen molar-refractivity contribution in [2.24, 2.45) is 0 Å². The lowest BCUT2D eigenvalue weighted by atomic mass is 10.0. The van der Waals surface area contributed by atoms with Crippen LogP contribution in [0.25, 0.3) is 6.08 Å². The Morgan fingerprint density at radius 2 is 1.78 bits per heavy atom. The Kier molecular flexibility index (Phi) is 8.14. The molecule has 2 amide bonds. The number of hydrogen-bond donors (Lipinski definition) is 4. The van der Waals surface area contributed by atoms with Gasteiger partial charge < -0.3 is 26.4 Å². The van der Waals surface area contributed by atoms with Gasteiger partial charge >= 0.3 is 0 Å². The molecule has 0 aromatic heterocycles. The second-order valence-corrected chi connectivity index (χ2v) is 11.2. The molecule has 0 radical (unpaired) electrons. The maximum absolute atomic E-state index is 13.5. The summed E-state index contributed by atoms with van der Waals surface area (Å²) in [5, 5.41) is 9.39. The van der Waals surface area contributed by atoms with Gasteiger partial charge in [-0.05, 0) is 72.2 Å². The molecule has 0 spiro atoms. The minimum Gasteiger partial charge on any atom is -0.397 e. The summed E-state index contributed by atoms with van der Waals surface area (Å²) in [6.45, 7) is 3.32. The van der Waals surface area contributed by atoms with Gasteiger partial charge in [0.15, 0.2) is 0 Å². The maximum atomic E-state index is 13.5. The highest BCUT2D eigenvalue weighted by Crippen LogP contribution is 2.40. The molecule has 1 unspecified atom stereocenters. The first-order valence-electron chi connectivity index (χ1n) is 14.5. The van der Waals surface area contributed by atoms with Gasteiger partial charge in [-0.15, -0.1) is 0 Å². The Hall–Kier alpha value is -3.98. The fraction of sp³-hybridized carbons (Fsp3) is 0.333. The minimum absolute atomic E-state index is 0.0985. The number of morpholine rings is 1. The first kappa shape index (κ1) is 27.2. The van der Waals surface area contributed by atoms with E-state index in [1.165, 1.54) is 24.5 Å². The van der Waals surface area contributed by atoms with Crippen LogP contribution in [0.15, 0.2) is 78.9 Å². The molecule has 2 bridgehead atoms. The number of ether oxygens (including phenoxy) is 1. The van der Waals surface area contributed by atoms with E-state index in [0.717, 1.165) is 42.9 Å². The van der Waals surface area contributed by atoms with Crippen LogP contribution in [0.4, 0.5) is 17.1 Å². The van der Waals surface area contributed by atoms with Crippen LogP contribution in [0.1, 0.15) is 47.9 Å². The van der Waals surface area contributed by atoms with Crippen molar-refractivity contribution in [3.8, 4) is 0 Å². The molecule has 3 atom stereocenters. The number of carbonyl (C=O) groups excluding carboxylic acids is 2. The van der Waals surface area contributed by atoms with Crippen molar-refractivity contribution in [1.29, 1.82) is 0 Å². The number of benzene rings is 3. The Morgan fingerprint density at radius 3 is 2.46 bits per heavy atom. The summed E-state index contributed by atoms with van der Waals surface area (Å²) in [7, 11) is 0. The molecular weight excluding hydrogens is 514 g/mol. The lowest BCUT2D eigenvalue weighted by Gasteiger charge is -2.27. The molecule has 1 saturated carbocycles. The first-order chi connectivity index (χ1) is 20.0. The van der Waals surface area contributed by atoms with Crippen LogP contribution in [0.2, 0.25) is 0 Å². The molecule has 5 N–H and O–H groups in total. The zero-order valence-corrected chi connectivity index (χ0v) is 23.1. The molecule has 212 valence electrons. The van der Waals surface area contributed by atoms with Crippen molar-refractivity contribution >= 4 is 35.0 Å². The summed E-state index contributed by atoms with van der Waals surface area (Å²) in [5.41, 5.74) is 10.9. The largest absolute Gasteiger partial charge is 0.397 e. The van der Waals surface area contributed by atoms with Gasteiger partial charge in [-0.2, -0.15) is 0 Å². The van der Waals surface area contributed by atoms with Gasteiger partial charge in [0.05, 0.1) is 24.1 Å². The predicted molar refractivity (Wildman–Crippen MR) is 162 cm³/mol. The van der Waals surface area contributed by atoms with E-state index in [4.69, 9.17) is 10.5 Å². The highest BCUT2D eigenvalue weighted by atomic mass is 16.5. The monoisotopic (exact) mass is 551 g/mol. The van der Waals surface area contributed by atoms with Crippen molar-refractivity contribution in [3.05, 3.63) is 95.6 Å². The van der Waals surface area contributed by atoms with Crippen LogP contribution in [0, 0.1) is 0 Å². The summed E-state index contributed by atoms with van der Waals surface area (Å²) in [5.74, 6) is 0.314. The highest BCUT2D eigenvalue weighted by Gasteiger charge is 2.38. The van der Waals surface area contributed by atoms with Gasteiger partial charge in [0.1, 0.15) is 6.04 Å². The second-order valence-electron chi connectivity index (χ2n) is 11.2. The molecular formula is C33H37N5O3. The van der Waals surface area contributed by atoms with Crippen LogP contribution < -0.4 is 21.7 Å². The third-order valence-electron chi connectivity index (χ3n) is 8.17.